The molecule has 3 nitrogen and oxygen atoms in total. The number of ketones is 1. The molecule has 0 radical (unpaired) electrons. The second-order valence-electron chi connectivity index (χ2n) is 4.10. The van der Waals surface area contributed by atoms with Gasteiger partial charge in [0.25, 0.3) is 0 Å². The zero-order valence-corrected chi connectivity index (χ0v) is 9.59. The zero-order chi connectivity index (χ0) is 12.5. The van der Waals surface area contributed by atoms with Gasteiger partial charge in [-0.25, -0.2) is 0 Å². The summed E-state index contributed by atoms with van der Waals surface area (Å²) in [5, 5.41) is 0.754. The van der Waals surface area contributed by atoms with Crippen LogP contribution in [-0.2, 0) is 0 Å². The molecule has 0 aliphatic rings. The van der Waals surface area contributed by atoms with Crippen LogP contribution in [0, 0.1) is 0 Å². The van der Waals surface area contributed by atoms with Crippen LogP contribution in [0.15, 0.2) is 59.2 Å². The van der Waals surface area contributed by atoms with Gasteiger partial charge in [-0.05, 0) is 18.2 Å². The van der Waals surface area contributed by atoms with Gasteiger partial charge in [0.15, 0.2) is 5.78 Å². The van der Waals surface area contributed by atoms with Gasteiger partial charge in [-0.1, -0.05) is 30.3 Å². The molecule has 0 aliphatic heterocycles. The fourth-order valence-electron chi connectivity index (χ4n) is 1.97. The highest BCUT2D eigenvalue weighted by molar-refractivity contribution is 6.16. The zero-order valence-electron chi connectivity index (χ0n) is 9.59. The average molecular weight is 237 g/mol. The molecular formula is C15H11NO2. The number of benzene rings is 2. The molecule has 3 rings (SSSR count). The Morgan fingerprint density at radius 3 is 2.61 bits per heavy atom. The summed E-state index contributed by atoms with van der Waals surface area (Å²) in [4.78, 5) is 12.3. The number of hydrogen-bond acceptors (Lipinski definition) is 3. The summed E-state index contributed by atoms with van der Waals surface area (Å²) in [7, 11) is 0. The van der Waals surface area contributed by atoms with Crippen molar-refractivity contribution in [1.82, 2.24) is 0 Å². The van der Waals surface area contributed by atoms with Crippen LogP contribution in [0.2, 0.25) is 0 Å². The summed E-state index contributed by atoms with van der Waals surface area (Å²) >= 11 is 0. The highest BCUT2D eigenvalue weighted by Gasteiger charge is 2.15. The fraction of sp³-hybridized carbons (Fsp3) is 0. The third-order valence-corrected chi connectivity index (χ3v) is 2.88. The van der Waals surface area contributed by atoms with Gasteiger partial charge >= 0.3 is 0 Å². The Hall–Kier alpha value is -2.55. The largest absolute Gasteiger partial charge is 0.464 e. The van der Waals surface area contributed by atoms with E-state index in [0.717, 1.165) is 5.39 Å². The minimum atomic E-state index is -0.0556. The minimum Gasteiger partial charge on any atom is -0.464 e. The van der Waals surface area contributed by atoms with E-state index in [9.17, 15) is 4.79 Å². The van der Waals surface area contributed by atoms with Crippen LogP contribution in [0.3, 0.4) is 0 Å². The number of carbonyl (C=O) groups is 1. The van der Waals surface area contributed by atoms with Crippen LogP contribution >= 0.6 is 0 Å². The fourth-order valence-corrected chi connectivity index (χ4v) is 1.97. The number of furan rings is 1. The lowest BCUT2D eigenvalue weighted by Crippen LogP contribution is -1.99. The van der Waals surface area contributed by atoms with E-state index in [-0.39, 0.29) is 5.78 Å². The monoisotopic (exact) mass is 237 g/mol. The number of hydrogen-bond donors (Lipinski definition) is 1. The Labute approximate surface area is 104 Å². The first kappa shape index (κ1) is 10.6. The first-order valence-corrected chi connectivity index (χ1v) is 5.62. The van der Waals surface area contributed by atoms with E-state index in [1.165, 1.54) is 6.26 Å². The molecule has 2 aromatic carbocycles. The maximum absolute atomic E-state index is 12.3. The topological polar surface area (TPSA) is 56.2 Å². The first-order chi connectivity index (χ1) is 8.75. The van der Waals surface area contributed by atoms with E-state index < -0.39 is 0 Å². The quantitative estimate of drug-likeness (QED) is 0.549. The summed E-state index contributed by atoms with van der Waals surface area (Å²) in [6.07, 6.45) is 1.49. The summed E-state index contributed by atoms with van der Waals surface area (Å²) in [5.41, 5.74) is 8.21. The third-order valence-electron chi connectivity index (χ3n) is 2.88. The molecule has 0 amide bonds. The molecule has 0 unspecified atom stereocenters. The van der Waals surface area contributed by atoms with E-state index in [2.05, 4.69) is 0 Å². The van der Waals surface area contributed by atoms with Crippen molar-refractivity contribution in [1.29, 1.82) is 0 Å². The minimum absolute atomic E-state index is 0.0556. The highest BCUT2D eigenvalue weighted by atomic mass is 16.3. The standard InChI is InChI=1S/C15H11NO2/c16-11-6-7-14-12(8-11)13(9-18-14)15(17)10-4-2-1-3-5-10/h1-9H,16H2. The van der Waals surface area contributed by atoms with Crippen molar-refractivity contribution < 1.29 is 9.21 Å². The maximum Gasteiger partial charge on any atom is 0.196 e. The van der Waals surface area contributed by atoms with Crippen molar-refractivity contribution in [2.45, 2.75) is 0 Å². The molecule has 2 N–H and O–H groups in total. The van der Waals surface area contributed by atoms with E-state index in [4.69, 9.17) is 10.2 Å². The number of rotatable bonds is 2. The number of fused-ring (bicyclic) bond motifs is 1. The van der Waals surface area contributed by atoms with Gasteiger partial charge in [0, 0.05) is 16.6 Å². The lowest BCUT2D eigenvalue weighted by atomic mass is 10.0. The molecule has 88 valence electrons. The van der Waals surface area contributed by atoms with Crippen molar-refractivity contribution in [3.05, 3.63) is 65.9 Å². The van der Waals surface area contributed by atoms with Gasteiger partial charge in [0.05, 0.1) is 5.56 Å². The molecule has 0 bridgehead atoms. The molecule has 0 fully saturated rings. The Kier molecular flexibility index (Phi) is 2.38. The van der Waals surface area contributed by atoms with Gasteiger partial charge in [0.2, 0.25) is 0 Å². The molecule has 3 heteroatoms. The molecule has 0 aliphatic carbocycles. The van der Waals surface area contributed by atoms with Crippen molar-refractivity contribution in [3.63, 3.8) is 0 Å². The van der Waals surface area contributed by atoms with Crippen molar-refractivity contribution in [3.8, 4) is 0 Å². The number of carbonyl (C=O) groups excluding carboxylic acids is 1. The van der Waals surface area contributed by atoms with Crippen LogP contribution in [-0.4, -0.2) is 5.78 Å². The molecule has 0 spiro atoms. The predicted molar refractivity (Wildman–Crippen MR) is 70.5 cm³/mol. The second-order valence-corrected chi connectivity index (χ2v) is 4.10. The number of nitrogens with two attached hydrogens (primary N) is 1. The third kappa shape index (κ3) is 1.66. The lowest BCUT2D eigenvalue weighted by Gasteiger charge is -1.98. The number of nitrogen functional groups attached to an aromatic ring is 1. The van der Waals surface area contributed by atoms with Gasteiger partial charge < -0.3 is 10.2 Å². The Morgan fingerprint density at radius 1 is 1.06 bits per heavy atom. The van der Waals surface area contributed by atoms with Gasteiger partial charge in [-0.15, -0.1) is 0 Å². The Balaban J connectivity index is 2.15. The van der Waals surface area contributed by atoms with E-state index >= 15 is 0 Å². The van der Waals surface area contributed by atoms with Crippen LogP contribution in [0.5, 0.6) is 0 Å². The maximum atomic E-state index is 12.3. The summed E-state index contributed by atoms with van der Waals surface area (Å²) in [5.74, 6) is -0.0556. The summed E-state index contributed by atoms with van der Waals surface area (Å²) < 4.78 is 5.37. The second kappa shape index (κ2) is 4.04. The molecule has 18 heavy (non-hydrogen) atoms. The molecular weight excluding hydrogens is 226 g/mol. The van der Waals surface area contributed by atoms with Gasteiger partial charge in [-0.3, -0.25) is 4.79 Å². The first-order valence-electron chi connectivity index (χ1n) is 5.62. The van der Waals surface area contributed by atoms with Crippen LogP contribution in [0.25, 0.3) is 11.0 Å². The smallest absolute Gasteiger partial charge is 0.196 e. The molecule has 1 heterocycles. The van der Waals surface area contributed by atoms with Gasteiger partial charge in [-0.2, -0.15) is 0 Å². The molecule has 0 atom stereocenters. The Morgan fingerprint density at radius 2 is 1.83 bits per heavy atom. The summed E-state index contributed by atoms with van der Waals surface area (Å²) in [6, 6.07) is 14.4. The van der Waals surface area contributed by atoms with Crippen LogP contribution in [0.4, 0.5) is 5.69 Å². The van der Waals surface area contributed by atoms with E-state index in [1.807, 2.05) is 18.2 Å². The molecule has 0 saturated carbocycles. The summed E-state index contributed by atoms with van der Waals surface area (Å²) in [6.45, 7) is 0. The van der Waals surface area contributed by atoms with Gasteiger partial charge in [0.1, 0.15) is 11.8 Å². The normalized spacial score (nSPS) is 10.7. The SMILES string of the molecule is Nc1ccc2occ(C(=O)c3ccccc3)c2c1. The van der Waals surface area contributed by atoms with E-state index in [0.29, 0.717) is 22.4 Å². The van der Waals surface area contributed by atoms with Crippen LogP contribution in [0.1, 0.15) is 15.9 Å². The predicted octanol–water partition coefficient (Wildman–Crippen LogP) is 3.25. The van der Waals surface area contributed by atoms with Crippen molar-refractivity contribution in [2.75, 3.05) is 5.73 Å². The average Bonchev–Trinajstić information content (AvgIpc) is 2.82. The molecule has 3 aromatic rings. The number of anilines is 1. The molecule has 1 aromatic heterocycles. The van der Waals surface area contributed by atoms with E-state index in [1.54, 1.807) is 30.3 Å². The Bertz CT molecular complexity index is 714. The highest BCUT2D eigenvalue weighted by Crippen LogP contribution is 2.25. The van der Waals surface area contributed by atoms with Crippen molar-refractivity contribution >= 4 is 22.4 Å². The lowest BCUT2D eigenvalue weighted by molar-refractivity contribution is 0.103. The molecule has 0 saturated heterocycles. The van der Waals surface area contributed by atoms with Crippen molar-refractivity contribution in [2.24, 2.45) is 0 Å². The van der Waals surface area contributed by atoms with Crippen LogP contribution < -0.4 is 5.73 Å².